The van der Waals surface area contributed by atoms with Gasteiger partial charge in [-0.25, -0.2) is 22.0 Å². The SMILES string of the molecule is CC.CC(C)(F)F.NC(=O)c1cc(-c2cccnc2C(Cc2cc(F)cc(F)c2)NC(=O)Cn2cc(C=O)c(C(F)(F)F)n2)ccc1F. The fourth-order valence-electron chi connectivity index (χ4n) is 4.21. The Morgan fingerprint density at radius 3 is 2.10 bits per heavy atom. The Hall–Kier alpha value is -5.15. The minimum Gasteiger partial charge on any atom is -0.366 e. The largest absolute Gasteiger partial charge is 0.435 e. The van der Waals surface area contributed by atoms with Gasteiger partial charge < -0.3 is 11.1 Å². The lowest BCUT2D eigenvalue weighted by Crippen LogP contribution is -2.34. The minimum atomic E-state index is -4.94. The van der Waals surface area contributed by atoms with Crippen LogP contribution in [0.15, 0.2) is 60.9 Å². The molecular weight excluding hydrogens is 654 g/mol. The van der Waals surface area contributed by atoms with Gasteiger partial charge in [0, 0.05) is 24.0 Å². The van der Waals surface area contributed by atoms with Crippen molar-refractivity contribution in [2.75, 3.05) is 0 Å². The zero-order valence-electron chi connectivity index (χ0n) is 26.0. The molecule has 1 atom stereocenters. The number of benzene rings is 2. The topological polar surface area (TPSA) is 120 Å². The normalized spacial score (nSPS) is 11.8. The third-order valence-corrected chi connectivity index (χ3v) is 5.90. The second-order valence-corrected chi connectivity index (χ2v) is 10.2. The minimum absolute atomic E-state index is 0.0469. The van der Waals surface area contributed by atoms with E-state index in [-0.39, 0.29) is 29.5 Å². The average molecular weight is 686 g/mol. The molecule has 0 aliphatic heterocycles. The molecule has 3 N–H and O–H groups in total. The summed E-state index contributed by atoms with van der Waals surface area (Å²) in [5.41, 5.74) is 3.37. The van der Waals surface area contributed by atoms with Crippen molar-refractivity contribution >= 4 is 18.1 Å². The van der Waals surface area contributed by atoms with Crippen LogP contribution in [0.1, 0.15) is 71.4 Å². The molecule has 2 aromatic heterocycles. The molecule has 4 rings (SSSR count). The molecular formula is C32H31F8N5O3. The monoisotopic (exact) mass is 685 g/mol. The zero-order chi connectivity index (χ0) is 36.4. The number of nitrogens with zero attached hydrogens (tertiary/aromatic N) is 3. The second kappa shape index (κ2) is 16.6. The number of carbonyl (C=O) groups is 3. The van der Waals surface area contributed by atoms with Crippen molar-refractivity contribution in [1.82, 2.24) is 20.1 Å². The van der Waals surface area contributed by atoms with E-state index < -0.39 is 70.8 Å². The van der Waals surface area contributed by atoms with E-state index in [0.29, 0.717) is 16.3 Å². The maximum Gasteiger partial charge on any atom is 0.435 e. The molecule has 0 fully saturated rings. The summed E-state index contributed by atoms with van der Waals surface area (Å²) in [6, 6.07) is 8.09. The summed E-state index contributed by atoms with van der Waals surface area (Å²) >= 11 is 0. The van der Waals surface area contributed by atoms with Gasteiger partial charge in [-0.1, -0.05) is 26.0 Å². The first kappa shape index (κ1) is 39.0. The van der Waals surface area contributed by atoms with E-state index in [9.17, 15) is 49.5 Å². The van der Waals surface area contributed by atoms with Crippen LogP contribution in [-0.4, -0.2) is 38.8 Å². The lowest BCUT2D eigenvalue weighted by molar-refractivity contribution is -0.142. The lowest BCUT2D eigenvalue weighted by Gasteiger charge is -2.22. The molecule has 0 bridgehead atoms. The quantitative estimate of drug-likeness (QED) is 0.144. The molecule has 2 heterocycles. The summed E-state index contributed by atoms with van der Waals surface area (Å²) in [6.45, 7) is 4.95. The first-order chi connectivity index (χ1) is 22.3. The number of pyridine rings is 1. The van der Waals surface area contributed by atoms with E-state index in [2.05, 4.69) is 15.4 Å². The van der Waals surface area contributed by atoms with Gasteiger partial charge in [0.2, 0.25) is 11.8 Å². The number of halogens is 8. The Balaban J connectivity index is 0.00000105. The maximum absolute atomic E-state index is 14.1. The van der Waals surface area contributed by atoms with Crippen molar-refractivity contribution in [2.45, 2.75) is 58.8 Å². The summed E-state index contributed by atoms with van der Waals surface area (Å²) in [4.78, 5) is 40.0. The third kappa shape index (κ3) is 11.6. The van der Waals surface area contributed by atoms with Crippen LogP contribution in [0.25, 0.3) is 11.1 Å². The van der Waals surface area contributed by atoms with E-state index in [1.54, 1.807) is 0 Å². The van der Waals surface area contributed by atoms with Crippen LogP contribution in [0.3, 0.4) is 0 Å². The molecule has 0 radical (unpaired) electrons. The van der Waals surface area contributed by atoms with Gasteiger partial charge in [0.05, 0.1) is 22.9 Å². The van der Waals surface area contributed by atoms with Gasteiger partial charge in [-0.05, 0) is 61.7 Å². The molecule has 0 saturated heterocycles. The number of alkyl halides is 5. The number of aromatic nitrogens is 3. The number of hydrogen-bond acceptors (Lipinski definition) is 5. The van der Waals surface area contributed by atoms with Gasteiger partial charge >= 0.3 is 6.18 Å². The smallest absolute Gasteiger partial charge is 0.366 e. The summed E-state index contributed by atoms with van der Waals surface area (Å²) in [5, 5.41) is 5.86. The maximum atomic E-state index is 14.1. The van der Waals surface area contributed by atoms with Crippen LogP contribution in [0, 0.1) is 17.5 Å². The van der Waals surface area contributed by atoms with Crippen molar-refractivity contribution in [2.24, 2.45) is 5.73 Å². The van der Waals surface area contributed by atoms with E-state index in [1.807, 2.05) is 13.8 Å². The van der Waals surface area contributed by atoms with Gasteiger partial charge in [0.25, 0.3) is 5.91 Å². The first-order valence-corrected chi connectivity index (χ1v) is 14.1. The van der Waals surface area contributed by atoms with E-state index in [4.69, 9.17) is 5.73 Å². The van der Waals surface area contributed by atoms with Gasteiger partial charge in [-0.15, -0.1) is 0 Å². The molecule has 16 heteroatoms. The summed E-state index contributed by atoms with van der Waals surface area (Å²) in [6.07, 6.45) is -3.12. The lowest BCUT2D eigenvalue weighted by atomic mass is 9.94. The molecule has 0 aliphatic rings. The third-order valence-electron chi connectivity index (χ3n) is 5.90. The van der Waals surface area contributed by atoms with Gasteiger partial charge in [0.1, 0.15) is 24.0 Å². The van der Waals surface area contributed by atoms with Crippen LogP contribution >= 0.6 is 0 Å². The predicted octanol–water partition coefficient (Wildman–Crippen LogP) is 7.08. The van der Waals surface area contributed by atoms with Crippen molar-refractivity contribution in [1.29, 1.82) is 0 Å². The number of primary amides is 1. The standard InChI is InChI=1S/C27H19F6N5O3.C3H6F2.C2H6/c28-17-6-14(7-18(29)10-17)8-22(36-23(40)12-38-11-16(13-39)25(37-38)27(31,32)33)24-19(2-1-5-35-24)15-3-4-21(30)20(9-15)26(34)41;1-3(2,4)5;1-2/h1-7,9-11,13,22H,8,12H2,(H2,34,41)(H,36,40);1-2H3;1-2H3. The molecule has 48 heavy (non-hydrogen) atoms. The Morgan fingerprint density at radius 1 is 0.979 bits per heavy atom. The molecule has 0 aliphatic carbocycles. The number of hydrogen-bond donors (Lipinski definition) is 2. The summed E-state index contributed by atoms with van der Waals surface area (Å²) < 4.78 is 104. The highest BCUT2D eigenvalue weighted by Gasteiger charge is 2.37. The van der Waals surface area contributed by atoms with E-state index in [0.717, 1.165) is 38.2 Å². The highest BCUT2D eigenvalue weighted by molar-refractivity contribution is 5.94. The highest BCUT2D eigenvalue weighted by Crippen LogP contribution is 2.31. The van der Waals surface area contributed by atoms with Crippen molar-refractivity contribution < 1.29 is 49.5 Å². The molecule has 1 unspecified atom stereocenters. The molecule has 8 nitrogen and oxygen atoms in total. The number of rotatable bonds is 9. The van der Waals surface area contributed by atoms with Gasteiger partial charge in [-0.2, -0.15) is 18.3 Å². The predicted molar refractivity (Wildman–Crippen MR) is 159 cm³/mol. The highest BCUT2D eigenvalue weighted by atomic mass is 19.4. The van der Waals surface area contributed by atoms with Crippen molar-refractivity contribution in [3.8, 4) is 11.1 Å². The number of aldehydes is 1. The average Bonchev–Trinajstić information content (AvgIpc) is 3.40. The van der Waals surface area contributed by atoms with E-state index in [1.165, 1.54) is 30.5 Å². The van der Waals surface area contributed by atoms with Crippen LogP contribution in [0.4, 0.5) is 35.1 Å². The second-order valence-electron chi connectivity index (χ2n) is 10.2. The molecule has 4 aromatic rings. The fraction of sp³-hybridized carbons (Fsp3) is 0.281. The van der Waals surface area contributed by atoms with Crippen LogP contribution in [-0.2, 0) is 23.9 Å². The Bertz CT molecular complexity index is 1710. The Morgan fingerprint density at radius 2 is 1.58 bits per heavy atom. The molecule has 0 spiro atoms. The number of nitrogens with two attached hydrogens (primary N) is 1. The molecule has 258 valence electrons. The number of carbonyl (C=O) groups excluding carboxylic acids is 3. The molecule has 2 amide bonds. The van der Waals surface area contributed by atoms with Crippen molar-refractivity contribution in [3.05, 3.63) is 106 Å². The Labute approximate surface area is 270 Å². The van der Waals surface area contributed by atoms with Gasteiger partial charge in [-0.3, -0.25) is 24.0 Å². The zero-order valence-corrected chi connectivity index (χ0v) is 26.0. The fourth-order valence-corrected chi connectivity index (χ4v) is 4.21. The van der Waals surface area contributed by atoms with Crippen molar-refractivity contribution in [3.63, 3.8) is 0 Å². The molecule has 0 saturated carbocycles. The van der Waals surface area contributed by atoms with E-state index >= 15 is 0 Å². The van der Waals surface area contributed by atoms with Crippen LogP contribution < -0.4 is 11.1 Å². The van der Waals surface area contributed by atoms with Crippen LogP contribution in [0.2, 0.25) is 0 Å². The summed E-state index contributed by atoms with van der Waals surface area (Å²) in [5.74, 6) is -7.09. The molecule has 2 aromatic carbocycles. The number of nitrogens with one attached hydrogen (secondary N) is 1. The number of amides is 2. The Kier molecular flexibility index (Phi) is 13.5. The summed E-state index contributed by atoms with van der Waals surface area (Å²) in [7, 11) is 0. The first-order valence-electron chi connectivity index (χ1n) is 14.1. The van der Waals surface area contributed by atoms with Crippen LogP contribution in [0.5, 0.6) is 0 Å². The van der Waals surface area contributed by atoms with Gasteiger partial charge in [0.15, 0.2) is 12.0 Å².